The molecule has 0 aliphatic carbocycles. The van der Waals surface area contributed by atoms with Crippen molar-refractivity contribution in [2.75, 3.05) is 10.6 Å². The van der Waals surface area contributed by atoms with E-state index in [0.29, 0.717) is 10.7 Å². The van der Waals surface area contributed by atoms with Crippen LogP contribution in [0, 0.1) is 5.82 Å². The molecule has 2 rings (SSSR count). The van der Waals surface area contributed by atoms with Crippen LogP contribution in [0.5, 0.6) is 5.75 Å². The van der Waals surface area contributed by atoms with E-state index < -0.39 is 17.8 Å². The van der Waals surface area contributed by atoms with Crippen LogP contribution in [0.3, 0.4) is 0 Å². The van der Waals surface area contributed by atoms with Crippen LogP contribution in [-0.4, -0.2) is 17.9 Å². The van der Waals surface area contributed by atoms with Crippen LogP contribution in [0.2, 0.25) is 10.0 Å². The van der Waals surface area contributed by atoms with Crippen molar-refractivity contribution < 1.29 is 18.7 Å². The van der Waals surface area contributed by atoms with Gasteiger partial charge in [0.2, 0.25) is 5.91 Å². The summed E-state index contributed by atoms with van der Waals surface area (Å²) in [6.45, 7) is 2.82. The van der Waals surface area contributed by atoms with E-state index >= 15 is 0 Å². The molecular formula is C17H15Cl2FN2O3. The van der Waals surface area contributed by atoms with Gasteiger partial charge in [-0.15, -0.1) is 0 Å². The minimum absolute atomic E-state index is 0.0751. The predicted octanol–water partition coefficient (Wildman–Crippen LogP) is 4.50. The molecule has 0 heterocycles. The lowest BCUT2D eigenvalue weighted by molar-refractivity contribution is -0.122. The van der Waals surface area contributed by atoms with Gasteiger partial charge in [0.1, 0.15) is 11.6 Å². The molecule has 2 aromatic rings. The van der Waals surface area contributed by atoms with Gasteiger partial charge in [-0.3, -0.25) is 9.59 Å². The maximum atomic E-state index is 13.9. The molecule has 0 radical (unpaired) electrons. The van der Waals surface area contributed by atoms with Crippen molar-refractivity contribution in [2.45, 2.75) is 20.0 Å². The fourth-order valence-corrected chi connectivity index (χ4v) is 2.40. The molecule has 0 fully saturated rings. The van der Waals surface area contributed by atoms with E-state index in [0.717, 1.165) is 6.07 Å². The summed E-state index contributed by atoms with van der Waals surface area (Å²) in [6.07, 6.45) is -0.942. The largest absolute Gasteiger partial charge is 0.479 e. The first kappa shape index (κ1) is 19.0. The van der Waals surface area contributed by atoms with Gasteiger partial charge in [0.15, 0.2) is 6.10 Å². The molecular weight excluding hydrogens is 370 g/mol. The van der Waals surface area contributed by atoms with Gasteiger partial charge in [-0.2, -0.15) is 0 Å². The third-order valence-corrected chi connectivity index (χ3v) is 3.64. The fourth-order valence-electron chi connectivity index (χ4n) is 1.95. The van der Waals surface area contributed by atoms with Crippen LogP contribution in [0.15, 0.2) is 36.4 Å². The van der Waals surface area contributed by atoms with Crippen molar-refractivity contribution in [1.29, 1.82) is 0 Å². The van der Waals surface area contributed by atoms with Gasteiger partial charge in [-0.25, -0.2) is 4.39 Å². The first-order valence-corrected chi connectivity index (χ1v) is 8.01. The molecule has 0 saturated heterocycles. The lowest BCUT2D eigenvalue weighted by Gasteiger charge is -2.16. The second-order valence-corrected chi connectivity index (χ2v) is 6.04. The van der Waals surface area contributed by atoms with Crippen LogP contribution < -0.4 is 15.4 Å². The molecule has 0 spiro atoms. The zero-order chi connectivity index (χ0) is 18.6. The molecule has 0 saturated carbocycles. The summed E-state index contributed by atoms with van der Waals surface area (Å²) in [7, 11) is 0. The van der Waals surface area contributed by atoms with Crippen molar-refractivity contribution in [3.63, 3.8) is 0 Å². The smallest absolute Gasteiger partial charge is 0.265 e. The van der Waals surface area contributed by atoms with Gasteiger partial charge in [-0.05, 0) is 43.3 Å². The third kappa shape index (κ3) is 5.34. The molecule has 1 unspecified atom stereocenters. The number of hydrogen-bond donors (Lipinski definition) is 2. The minimum atomic E-state index is -0.942. The highest BCUT2D eigenvalue weighted by Crippen LogP contribution is 2.28. The van der Waals surface area contributed by atoms with E-state index in [1.165, 1.54) is 38.1 Å². The zero-order valence-electron chi connectivity index (χ0n) is 13.4. The van der Waals surface area contributed by atoms with Crippen molar-refractivity contribution in [3.8, 4) is 5.75 Å². The maximum Gasteiger partial charge on any atom is 0.265 e. The number of amides is 2. The number of hydrogen-bond acceptors (Lipinski definition) is 3. The summed E-state index contributed by atoms with van der Waals surface area (Å²) in [6, 6.07) is 8.44. The van der Waals surface area contributed by atoms with Crippen LogP contribution in [-0.2, 0) is 9.59 Å². The molecule has 1 atom stereocenters. The molecule has 0 aliphatic rings. The van der Waals surface area contributed by atoms with E-state index in [9.17, 15) is 14.0 Å². The van der Waals surface area contributed by atoms with Crippen molar-refractivity contribution in [1.82, 2.24) is 0 Å². The summed E-state index contributed by atoms with van der Waals surface area (Å²) in [5.41, 5.74) is 0.285. The van der Waals surface area contributed by atoms with Gasteiger partial charge >= 0.3 is 0 Å². The Morgan fingerprint density at radius 1 is 1.12 bits per heavy atom. The number of benzene rings is 2. The fraction of sp³-hybridized carbons (Fsp3) is 0.176. The Hall–Kier alpha value is -2.31. The van der Waals surface area contributed by atoms with Crippen molar-refractivity contribution in [3.05, 3.63) is 52.3 Å². The Morgan fingerprint density at radius 2 is 1.84 bits per heavy atom. The molecule has 132 valence electrons. The first-order chi connectivity index (χ1) is 11.8. The van der Waals surface area contributed by atoms with Crippen LogP contribution in [0.4, 0.5) is 15.8 Å². The van der Waals surface area contributed by atoms with E-state index in [4.69, 9.17) is 27.9 Å². The molecule has 8 heteroatoms. The van der Waals surface area contributed by atoms with Crippen LogP contribution in [0.1, 0.15) is 13.8 Å². The summed E-state index contributed by atoms with van der Waals surface area (Å²) >= 11 is 11.8. The molecule has 0 aromatic heterocycles. The van der Waals surface area contributed by atoms with E-state index in [-0.39, 0.29) is 22.4 Å². The standard InChI is InChI=1S/C17H15Cl2FN2O3/c1-9(25-16-6-3-11(18)7-13(16)19)17(24)22-15-8-12(21-10(2)23)4-5-14(15)20/h3-9H,1-2H3,(H,21,23)(H,22,24). The van der Waals surface area contributed by atoms with Gasteiger partial charge in [0, 0.05) is 17.6 Å². The molecule has 0 bridgehead atoms. The highest BCUT2D eigenvalue weighted by molar-refractivity contribution is 6.35. The monoisotopic (exact) mass is 384 g/mol. The first-order valence-electron chi connectivity index (χ1n) is 7.26. The van der Waals surface area contributed by atoms with Gasteiger partial charge in [0.05, 0.1) is 10.7 Å². The Kier molecular flexibility index (Phi) is 6.22. The molecule has 25 heavy (non-hydrogen) atoms. The number of halogens is 3. The maximum absolute atomic E-state index is 13.9. The summed E-state index contributed by atoms with van der Waals surface area (Å²) < 4.78 is 19.3. The lowest BCUT2D eigenvalue weighted by atomic mass is 10.2. The SMILES string of the molecule is CC(=O)Nc1ccc(F)c(NC(=O)C(C)Oc2ccc(Cl)cc2Cl)c1. The molecule has 2 N–H and O–H groups in total. The third-order valence-electron chi connectivity index (χ3n) is 3.11. The topological polar surface area (TPSA) is 67.4 Å². The summed E-state index contributed by atoms with van der Waals surface area (Å²) in [5, 5.41) is 5.62. The Balaban J connectivity index is 2.09. The van der Waals surface area contributed by atoms with E-state index in [1.807, 2.05) is 0 Å². The predicted molar refractivity (Wildman–Crippen MR) is 95.9 cm³/mol. The number of carbonyl (C=O) groups excluding carboxylic acids is 2. The quantitative estimate of drug-likeness (QED) is 0.797. The van der Waals surface area contributed by atoms with Crippen LogP contribution >= 0.6 is 23.2 Å². The Morgan fingerprint density at radius 3 is 2.48 bits per heavy atom. The molecule has 2 amide bonds. The van der Waals surface area contributed by atoms with E-state index in [1.54, 1.807) is 6.07 Å². The van der Waals surface area contributed by atoms with Gasteiger partial charge in [0.25, 0.3) is 5.91 Å². The molecule has 2 aromatic carbocycles. The average molecular weight is 385 g/mol. The van der Waals surface area contributed by atoms with Gasteiger partial charge < -0.3 is 15.4 Å². The lowest BCUT2D eigenvalue weighted by Crippen LogP contribution is -2.30. The van der Waals surface area contributed by atoms with E-state index in [2.05, 4.69) is 10.6 Å². The number of rotatable bonds is 5. The van der Waals surface area contributed by atoms with Crippen LogP contribution in [0.25, 0.3) is 0 Å². The second-order valence-electron chi connectivity index (χ2n) is 5.20. The molecule has 5 nitrogen and oxygen atoms in total. The zero-order valence-corrected chi connectivity index (χ0v) is 14.9. The number of ether oxygens (including phenoxy) is 1. The Bertz CT molecular complexity index is 814. The molecule has 0 aliphatic heterocycles. The highest BCUT2D eigenvalue weighted by atomic mass is 35.5. The number of nitrogens with one attached hydrogen (secondary N) is 2. The summed E-state index contributed by atoms with van der Waals surface area (Å²) in [5.74, 6) is -1.25. The second kappa shape index (κ2) is 8.18. The number of carbonyl (C=O) groups is 2. The van der Waals surface area contributed by atoms with Crippen molar-refractivity contribution >= 4 is 46.4 Å². The number of anilines is 2. The Labute approximate surface area is 154 Å². The summed E-state index contributed by atoms with van der Waals surface area (Å²) in [4.78, 5) is 23.3. The normalized spacial score (nSPS) is 11.6. The van der Waals surface area contributed by atoms with Gasteiger partial charge in [-0.1, -0.05) is 23.2 Å². The average Bonchev–Trinajstić information content (AvgIpc) is 2.52. The minimum Gasteiger partial charge on any atom is -0.479 e. The highest BCUT2D eigenvalue weighted by Gasteiger charge is 2.18. The van der Waals surface area contributed by atoms with Crippen molar-refractivity contribution in [2.24, 2.45) is 0 Å².